The lowest BCUT2D eigenvalue weighted by Crippen LogP contribution is -2.48. The number of carbonyl (C=O) groups excluding carboxylic acids is 1. The van der Waals surface area contributed by atoms with Crippen molar-refractivity contribution >= 4 is 11.6 Å². The van der Waals surface area contributed by atoms with Crippen LogP contribution in [0.3, 0.4) is 0 Å². The quantitative estimate of drug-likeness (QED) is 0.824. The van der Waals surface area contributed by atoms with Gasteiger partial charge in [0.05, 0.1) is 26.9 Å². The Hall–Kier alpha value is -2.89. The number of hydrogen-bond donors (Lipinski definition) is 0. The van der Waals surface area contributed by atoms with Crippen LogP contribution in [0.15, 0.2) is 42.5 Å². The van der Waals surface area contributed by atoms with E-state index in [1.165, 1.54) is 0 Å². The molecule has 1 saturated heterocycles. The molecule has 0 spiro atoms. The first-order valence-corrected chi connectivity index (χ1v) is 8.57. The van der Waals surface area contributed by atoms with E-state index in [4.69, 9.17) is 14.2 Å². The molecule has 1 heterocycles. The second-order valence-corrected chi connectivity index (χ2v) is 6.02. The summed E-state index contributed by atoms with van der Waals surface area (Å²) >= 11 is 0. The largest absolute Gasteiger partial charge is 0.496 e. The van der Waals surface area contributed by atoms with E-state index >= 15 is 0 Å². The number of amides is 1. The van der Waals surface area contributed by atoms with Crippen molar-refractivity contribution in [3.63, 3.8) is 0 Å². The van der Waals surface area contributed by atoms with E-state index in [9.17, 15) is 4.79 Å². The van der Waals surface area contributed by atoms with E-state index in [2.05, 4.69) is 4.90 Å². The molecule has 0 aliphatic carbocycles. The average molecular weight is 356 g/mol. The lowest BCUT2D eigenvalue weighted by Gasteiger charge is -2.36. The van der Waals surface area contributed by atoms with Gasteiger partial charge in [0.25, 0.3) is 5.91 Å². The minimum absolute atomic E-state index is 0.00871. The number of methoxy groups -OCH3 is 3. The van der Waals surface area contributed by atoms with Crippen LogP contribution in [0.1, 0.15) is 10.4 Å². The van der Waals surface area contributed by atoms with Crippen molar-refractivity contribution in [1.29, 1.82) is 0 Å². The molecule has 26 heavy (non-hydrogen) atoms. The topological polar surface area (TPSA) is 51.2 Å². The Morgan fingerprint density at radius 3 is 2.12 bits per heavy atom. The molecule has 0 bridgehead atoms. The maximum Gasteiger partial charge on any atom is 0.257 e. The molecular formula is C20H24N2O4. The Morgan fingerprint density at radius 1 is 0.808 bits per heavy atom. The smallest absolute Gasteiger partial charge is 0.257 e. The normalized spacial score (nSPS) is 14.1. The lowest BCUT2D eigenvalue weighted by molar-refractivity contribution is 0.0743. The van der Waals surface area contributed by atoms with Crippen LogP contribution in [-0.4, -0.2) is 58.3 Å². The number of carbonyl (C=O) groups is 1. The minimum Gasteiger partial charge on any atom is -0.496 e. The van der Waals surface area contributed by atoms with E-state index < -0.39 is 0 Å². The Balaban J connectivity index is 1.68. The van der Waals surface area contributed by atoms with Crippen molar-refractivity contribution in [3.8, 4) is 17.2 Å². The third-order valence-electron chi connectivity index (χ3n) is 4.64. The third kappa shape index (κ3) is 3.54. The summed E-state index contributed by atoms with van der Waals surface area (Å²) in [6.07, 6.45) is 0. The van der Waals surface area contributed by atoms with Crippen molar-refractivity contribution in [3.05, 3.63) is 48.0 Å². The minimum atomic E-state index is 0.00871. The first-order chi connectivity index (χ1) is 12.7. The molecule has 0 atom stereocenters. The highest BCUT2D eigenvalue weighted by atomic mass is 16.5. The van der Waals surface area contributed by atoms with Crippen molar-refractivity contribution in [2.45, 2.75) is 0 Å². The van der Waals surface area contributed by atoms with Gasteiger partial charge in [-0.15, -0.1) is 0 Å². The van der Waals surface area contributed by atoms with Crippen molar-refractivity contribution < 1.29 is 19.0 Å². The number of nitrogens with zero attached hydrogens (tertiary/aromatic N) is 2. The summed E-state index contributed by atoms with van der Waals surface area (Å²) < 4.78 is 16.0. The number of anilines is 1. The molecule has 1 aliphatic heterocycles. The van der Waals surface area contributed by atoms with Crippen LogP contribution < -0.4 is 19.1 Å². The fourth-order valence-corrected chi connectivity index (χ4v) is 3.18. The van der Waals surface area contributed by atoms with Gasteiger partial charge >= 0.3 is 0 Å². The molecule has 2 aromatic carbocycles. The van der Waals surface area contributed by atoms with Crippen LogP contribution in [0.2, 0.25) is 0 Å². The first kappa shape index (κ1) is 17.9. The van der Waals surface area contributed by atoms with Gasteiger partial charge in [0.1, 0.15) is 5.75 Å². The number of piperazine rings is 1. The van der Waals surface area contributed by atoms with Gasteiger partial charge in [0.15, 0.2) is 11.5 Å². The van der Waals surface area contributed by atoms with Gasteiger partial charge in [-0.1, -0.05) is 12.1 Å². The van der Waals surface area contributed by atoms with Crippen molar-refractivity contribution in [1.82, 2.24) is 4.90 Å². The van der Waals surface area contributed by atoms with Gasteiger partial charge in [-0.05, 0) is 24.3 Å². The summed E-state index contributed by atoms with van der Waals surface area (Å²) in [7, 11) is 4.84. The molecule has 6 nitrogen and oxygen atoms in total. The average Bonchev–Trinajstić information content (AvgIpc) is 2.72. The molecule has 0 saturated carbocycles. The molecule has 3 rings (SSSR count). The summed E-state index contributed by atoms with van der Waals surface area (Å²) in [4.78, 5) is 16.9. The summed E-state index contributed by atoms with van der Waals surface area (Å²) in [6.45, 7) is 2.84. The fraction of sp³-hybridized carbons (Fsp3) is 0.350. The maximum absolute atomic E-state index is 12.8. The monoisotopic (exact) mass is 356 g/mol. The van der Waals surface area contributed by atoms with E-state index in [1.54, 1.807) is 21.3 Å². The molecule has 0 aromatic heterocycles. The lowest BCUT2D eigenvalue weighted by atomic mass is 10.1. The van der Waals surface area contributed by atoms with Gasteiger partial charge in [0.2, 0.25) is 0 Å². The van der Waals surface area contributed by atoms with Gasteiger partial charge in [0, 0.05) is 37.9 Å². The van der Waals surface area contributed by atoms with Crippen LogP contribution in [0.5, 0.6) is 17.2 Å². The maximum atomic E-state index is 12.8. The predicted octanol–water partition coefficient (Wildman–Crippen LogP) is 2.67. The highest BCUT2D eigenvalue weighted by molar-refractivity contribution is 5.97. The standard InChI is InChI=1S/C20H24N2O4/c1-24-17-7-5-4-6-16(17)20(23)22-12-10-21(11-13-22)15-8-9-18(25-2)19(14-15)26-3/h4-9,14H,10-13H2,1-3H3. The van der Waals surface area contributed by atoms with Crippen LogP contribution in [-0.2, 0) is 0 Å². The van der Waals surface area contributed by atoms with Gasteiger partial charge in [-0.2, -0.15) is 0 Å². The fourth-order valence-electron chi connectivity index (χ4n) is 3.18. The zero-order valence-corrected chi connectivity index (χ0v) is 15.4. The van der Waals surface area contributed by atoms with E-state index in [1.807, 2.05) is 47.4 Å². The Labute approximate surface area is 153 Å². The number of para-hydroxylation sites is 1. The Morgan fingerprint density at radius 2 is 1.46 bits per heavy atom. The molecule has 1 fully saturated rings. The molecule has 0 unspecified atom stereocenters. The third-order valence-corrected chi connectivity index (χ3v) is 4.64. The molecule has 0 N–H and O–H groups in total. The SMILES string of the molecule is COc1ccc(N2CCN(C(=O)c3ccccc3OC)CC2)cc1OC. The van der Waals surface area contributed by atoms with Gasteiger partial charge in [-0.3, -0.25) is 4.79 Å². The highest BCUT2D eigenvalue weighted by Gasteiger charge is 2.24. The van der Waals surface area contributed by atoms with Crippen LogP contribution in [0.4, 0.5) is 5.69 Å². The van der Waals surface area contributed by atoms with Crippen LogP contribution in [0, 0.1) is 0 Å². The molecule has 0 radical (unpaired) electrons. The van der Waals surface area contributed by atoms with Gasteiger partial charge in [-0.25, -0.2) is 0 Å². The summed E-state index contributed by atoms with van der Waals surface area (Å²) in [5.41, 5.74) is 1.67. The van der Waals surface area contributed by atoms with Crippen molar-refractivity contribution in [2.24, 2.45) is 0 Å². The summed E-state index contributed by atoms with van der Waals surface area (Å²) in [6, 6.07) is 13.2. The summed E-state index contributed by atoms with van der Waals surface area (Å²) in [5, 5.41) is 0. The number of hydrogen-bond acceptors (Lipinski definition) is 5. The molecule has 1 aliphatic rings. The van der Waals surface area contributed by atoms with Crippen molar-refractivity contribution in [2.75, 3.05) is 52.4 Å². The van der Waals surface area contributed by atoms with Crippen LogP contribution in [0.25, 0.3) is 0 Å². The zero-order valence-electron chi connectivity index (χ0n) is 15.4. The number of ether oxygens (including phenoxy) is 3. The Kier molecular flexibility index (Phi) is 5.51. The second kappa shape index (κ2) is 7.99. The van der Waals surface area contributed by atoms with Crippen LogP contribution >= 0.6 is 0 Å². The predicted molar refractivity (Wildman–Crippen MR) is 101 cm³/mol. The Bertz CT molecular complexity index is 770. The number of rotatable bonds is 5. The second-order valence-electron chi connectivity index (χ2n) is 6.02. The zero-order chi connectivity index (χ0) is 18.5. The molecule has 2 aromatic rings. The first-order valence-electron chi connectivity index (χ1n) is 8.57. The molecule has 138 valence electrons. The molecule has 6 heteroatoms. The number of benzene rings is 2. The summed E-state index contributed by atoms with van der Waals surface area (Å²) in [5.74, 6) is 2.04. The van der Waals surface area contributed by atoms with Gasteiger partial charge < -0.3 is 24.0 Å². The highest BCUT2D eigenvalue weighted by Crippen LogP contribution is 2.32. The van der Waals surface area contributed by atoms with E-state index in [0.717, 1.165) is 18.8 Å². The van der Waals surface area contributed by atoms with E-state index in [0.29, 0.717) is 35.9 Å². The van der Waals surface area contributed by atoms with E-state index in [-0.39, 0.29) is 5.91 Å². The molecule has 1 amide bonds. The molecular weight excluding hydrogens is 332 g/mol.